The maximum Gasteiger partial charge on any atom is 0.261 e. The van der Waals surface area contributed by atoms with Crippen LogP contribution in [-0.2, 0) is 22.9 Å². The molecule has 0 heterocycles. The summed E-state index contributed by atoms with van der Waals surface area (Å²) in [6.07, 6.45) is 1.59. The molecular formula is C16H18ClNO2S. The number of rotatable bonds is 6. The third-order valence-corrected chi connectivity index (χ3v) is 4.79. The number of nitrogens with one attached hydrogen (secondary N) is 1. The van der Waals surface area contributed by atoms with Gasteiger partial charge in [-0.2, -0.15) is 0 Å². The fourth-order valence-corrected chi connectivity index (χ4v) is 3.28. The Balaban J connectivity index is 2.21. The van der Waals surface area contributed by atoms with E-state index < -0.39 is 10.0 Å². The van der Waals surface area contributed by atoms with E-state index in [1.807, 2.05) is 25.1 Å². The molecule has 0 bridgehead atoms. The quantitative estimate of drug-likeness (QED) is 0.821. The first-order valence-electron chi connectivity index (χ1n) is 6.82. The molecule has 0 unspecified atom stereocenters. The highest BCUT2D eigenvalue weighted by atomic mass is 35.5. The van der Waals surface area contributed by atoms with Crippen LogP contribution in [0.15, 0.2) is 53.4 Å². The Morgan fingerprint density at radius 1 is 1.05 bits per heavy atom. The first-order valence-corrected chi connectivity index (χ1v) is 8.83. The van der Waals surface area contributed by atoms with Crippen LogP contribution in [0.1, 0.15) is 18.1 Å². The minimum Gasteiger partial charge on any atom is -0.280 e. The Morgan fingerprint density at radius 3 is 2.38 bits per heavy atom. The molecule has 0 atom stereocenters. The SMILES string of the molecule is CCc1cccc(NS(=O)(=O)c2ccc(CCCl)cc2)c1. The van der Waals surface area contributed by atoms with E-state index in [4.69, 9.17) is 11.6 Å². The van der Waals surface area contributed by atoms with Gasteiger partial charge in [0.15, 0.2) is 0 Å². The van der Waals surface area contributed by atoms with Crippen LogP contribution in [0.25, 0.3) is 0 Å². The number of sulfonamides is 1. The van der Waals surface area contributed by atoms with Gasteiger partial charge in [-0.15, -0.1) is 11.6 Å². The molecule has 1 N–H and O–H groups in total. The molecule has 3 nitrogen and oxygen atoms in total. The van der Waals surface area contributed by atoms with Crippen molar-refractivity contribution in [1.29, 1.82) is 0 Å². The summed E-state index contributed by atoms with van der Waals surface area (Å²) >= 11 is 5.67. The van der Waals surface area contributed by atoms with Gasteiger partial charge in [0.25, 0.3) is 10.0 Å². The molecule has 0 spiro atoms. The number of aryl methyl sites for hydroxylation is 2. The second kappa shape index (κ2) is 6.96. The zero-order valence-electron chi connectivity index (χ0n) is 11.8. The van der Waals surface area contributed by atoms with Gasteiger partial charge in [-0.1, -0.05) is 31.2 Å². The number of hydrogen-bond acceptors (Lipinski definition) is 2. The number of anilines is 1. The van der Waals surface area contributed by atoms with Crippen LogP contribution >= 0.6 is 11.6 Å². The maximum atomic E-state index is 12.3. The average molecular weight is 324 g/mol. The fraction of sp³-hybridized carbons (Fsp3) is 0.250. The molecule has 112 valence electrons. The van der Waals surface area contributed by atoms with E-state index in [0.29, 0.717) is 11.6 Å². The molecule has 2 aromatic rings. The Hall–Kier alpha value is -1.52. The lowest BCUT2D eigenvalue weighted by Gasteiger charge is -2.09. The van der Waals surface area contributed by atoms with Crippen molar-refractivity contribution in [1.82, 2.24) is 0 Å². The van der Waals surface area contributed by atoms with Crippen LogP contribution in [-0.4, -0.2) is 14.3 Å². The van der Waals surface area contributed by atoms with Crippen molar-refractivity contribution in [3.63, 3.8) is 0 Å². The minimum atomic E-state index is -3.55. The molecule has 0 saturated carbocycles. The third kappa shape index (κ3) is 4.22. The highest BCUT2D eigenvalue weighted by molar-refractivity contribution is 7.92. The summed E-state index contributed by atoms with van der Waals surface area (Å²) in [6, 6.07) is 14.2. The van der Waals surface area contributed by atoms with E-state index in [9.17, 15) is 8.42 Å². The van der Waals surface area contributed by atoms with Gasteiger partial charge >= 0.3 is 0 Å². The van der Waals surface area contributed by atoms with Gasteiger partial charge in [-0.25, -0.2) is 8.42 Å². The topological polar surface area (TPSA) is 46.2 Å². The maximum absolute atomic E-state index is 12.3. The summed E-state index contributed by atoms with van der Waals surface area (Å²) in [7, 11) is -3.55. The van der Waals surface area contributed by atoms with Gasteiger partial charge in [0, 0.05) is 11.6 Å². The van der Waals surface area contributed by atoms with Crippen LogP contribution in [0, 0.1) is 0 Å². The molecule has 2 aromatic carbocycles. The van der Waals surface area contributed by atoms with E-state index in [2.05, 4.69) is 4.72 Å². The first-order chi connectivity index (χ1) is 10.0. The first kappa shape index (κ1) is 15.9. The van der Waals surface area contributed by atoms with Crippen molar-refractivity contribution in [3.05, 3.63) is 59.7 Å². The van der Waals surface area contributed by atoms with Crippen LogP contribution in [0.3, 0.4) is 0 Å². The van der Waals surface area contributed by atoms with Crippen molar-refractivity contribution in [3.8, 4) is 0 Å². The molecular weight excluding hydrogens is 306 g/mol. The molecule has 21 heavy (non-hydrogen) atoms. The molecule has 0 aliphatic rings. The summed E-state index contributed by atoms with van der Waals surface area (Å²) < 4.78 is 27.3. The number of benzene rings is 2. The zero-order valence-corrected chi connectivity index (χ0v) is 13.4. The lowest BCUT2D eigenvalue weighted by atomic mass is 10.1. The number of alkyl halides is 1. The van der Waals surface area contributed by atoms with Crippen LogP contribution < -0.4 is 4.72 Å². The number of hydrogen-bond donors (Lipinski definition) is 1. The van der Waals surface area contributed by atoms with Crippen molar-refractivity contribution < 1.29 is 8.42 Å². The fourth-order valence-electron chi connectivity index (χ4n) is 2.01. The average Bonchev–Trinajstić information content (AvgIpc) is 2.48. The summed E-state index contributed by atoms with van der Waals surface area (Å²) in [5.74, 6) is 0.522. The van der Waals surface area contributed by atoms with E-state index >= 15 is 0 Å². The zero-order chi connectivity index (χ0) is 15.3. The van der Waals surface area contributed by atoms with Gasteiger partial charge in [-0.05, 0) is 48.2 Å². The molecule has 0 radical (unpaired) electrons. The van der Waals surface area contributed by atoms with Crippen molar-refractivity contribution in [2.75, 3.05) is 10.6 Å². The predicted molar refractivity (Wildman–Crippen MR) is 87.5 cm³/mol. The molecule has 0 fully saturated rings. The van der Waals surface area contributed by atoms with E-state index in [0.717, 1.165) is 24.0 Å². The lowest BCUT2D eigenvalue weighted by molar-refractivity contribution is 0.601. The summed E-state index contributed by atoms with van der Waals surface area (Å²) in [6.45, 7) is 2.03. The second-order valence-electron chi connectivity index (χ2n) is 4.74. The summed E-state index contributed by atoms with van der Waals surface area (Å²) in [5, 5.41) is 0. The predicted octanol–water partition coefficient (Wildman–Crippen LogP) is 3.83. The standard InChI is InChI=1S/C16H18ClNO2S/c1-2-13-4-3-5-15(12-13)18-21(19,20)16-8-6-14(7-9-16)10-11-17/h3-9,12,18H,2,10-11H2,1H3. The summed E-state index contributed by atoms with van der Waals surface area (Å²) in [4.78, 5) is 0.253. The Kier molecular flexibility index (Phi) is 5.26. The molecule has 0 aliphatic carbocycles. The van der Waals surface area contributed by atoms with Crippen LogP contribution in [0.2, 0.25) is 0 Å². The van der Waals surface area contributed by atoms with E-state index in [-0.39, 0.29) is 4.90 Å². The van der Waals surface area contributed by atoms with Gasteiger partial charge in [-0.3, -0.25) is 4.72 Å². The Morgan fingerprint density at radius 2 is 1.76 bits per heavy atom. The van der Waals surface area contributed by atoms with Crippen LogP contribution in [0.5, 0.6) is 0 Å². The smallest absolute Gasteiger partial charge is 0.261 e. The molecule has 0 aromatic heterocycles. The second-order valence-corrected chi connectivity index (χ2v) is 6.80. The van der Waals surface area contributed by atoms with Crippen LogP contribution in [0.4, 0.5) is 5.69 Å². The third-order valence-electron chi connectivity index (χ3n) is 3.20. The van der Waals surface area contributed by atoms with Crippen molar-refractivity contribution >= 4 is 27.3 Å². The minimum absolute atomic E-state index is 0.253. The summed E-state index contributed by atoms with van der Waals surface area (Å²) in [5.41, 5.74) is 2.70. The highest BCUT2D eigenvalue weighted by Gasteiger charge is 2.14. The molecule has 0 amide bonds. The largest absolute Gasteiger partial charge is 0.280 e. The molecule has 5 heteroatoms. The Labute approximate surface area is 131 Å². The van der Waals surface area contributed by atoms with Crippen molar-refractivity contribution in [2.45, 2.75) is 24.7 Å². The van der Waals surface area contributed by atoms with Gasteiger partial charge in [0.05, 0.1) is 4.90 Å². The van der Waals surface area contributed by atoms with E-state index in [1.165, 1.54) is 0 Å². The molecule has 0 aliphatic heterocycles. The van der Waals surface area contributed by atoms with Crippen molar-refractivity contribution in [2.24, 2.45) is 0 Å². The highest BCUT2D eigenvalue weighted by Crippen LogP contribution is 2.18. The van der Waals surface area contributed by atoms with Gasteiger partial charge < -0.3 is 0 Å². The monoisotopic (exact) mass is 323 g/mol. The number of halogens is 1. The van der Waals surface area contributed by atoms with Gasteiger partial charge in [0.2, 0.25) is 0 Å². The molecule has 0 saturated heterocycles. The normalized spacial score (nSPS) is 11.3. The van der Waals surface area contributed by atoms with Gasteiger partial charge in [0.1, 0.15) is 0 Å². The molecule has 2 rings (SSSR count). The Bertz CT molecular complexity index is 696. The van der Waals surface area contributed by atoms with E-state index in [1.54, 1.807) is 30.3 Å². The lowest BCUT2D eigenvalue weighted by Crippen LogP contribution is -2.13.